The van der Waals surface area contributed by atoms with Crippen LogP contribution in [0.25, 0.3) is 10.9 Å². The van der Waals surface area contributed by atoms with Crippen LogP contribution >= 0.6 is 0 Å². The third-order valence-electron chi connectivity index (χ3n) is 4.20. The molecule has 0 radical (unpaired) electrons. The lowest BCUT2D eigenvalue weighted by molar-refractivity contribution is 0.0475. The second-order valence-corrected chi connectivity index (χ2v) is 6.82. The van der Waals surface area contributed by atoms with Gasteiger partial charge >= 0.3 is 5.97 Å². The fourth-order valence-electron chi connectivity index (χ4n) is 2.76. The first-order valence-corrected chi connectivity index (χ1v) is 9.07. The molecule has 0 bridgehead atoms. The number of hydrogen-bond donors (Lipinski definition) is 1. The van der Waals surface area contributed by atoms with E-state index < -0.39 is 5.97 Å². The smallest absolute Gasteiger partial charge is 0.338 e. The quantitative estimate of drug-likeness (QED) is 0.466. The van der Waals surface area contributed by atoms with Crippen LogP contribution in [0.1, 0.15) is 34.6 Å². The number of nitrogens with one attached hydrogen (secondary N) is 1. The Morgan fingerprint density at radius 3 is 2.61 bits per heavy atom. The van der Waals surface area contributed by atoms with Gasteiger partial charge in [0.25, 0.3) is 0 Å². The van der Waals surface area contributed by atoms with Crippen LogP contribution in [0.15, 0.2) is 48.7 Å². The van der Waals surface area contributed by atoms with Crippen LogP contribution in [-0.4, -0.2) is 37.1 Å². The standard InChI is InChI=1S/C22H23NO5/c1-14(2)12-27-20-9-8-15(10-21(20)26-3)22(25)28-13-19(24)17-11-23-18-7-5-4-6-16(17)18/h4-11,14,23H,12-13H2,1-3H3. The molecule has 0 atom stereocenters. The molecule has 0 saturated carbocycles. The molecule has 0 saturated heterocycles. The minimum atomic E-state index is -0.595. The molecule has 0 aliphatic heterocycles. The summed E-state index contributed by atoms with van der Waals surface area (Å²) >= 11 is 0. The van der Waals surface area contributed by atoms with Gasteiger partial charge in [-0.25, -0.2) is 4.79 Å². The van der Waals surface area contributed by atoms with Gasteiger partial charge in [-0.05, 0) is 30.2 Å². The first-order chi connectivity index (χ1) is 13.5. The van der Waals surface area contributed by atoms with Gasteiger partial charge in [-0.15, -0.1) is 0 Å². The first kappa shape index (κ1) is 19.5. The van der Waals surface area contributed by atoms with Gasteiger partial charge in [-0.3, -0.25) is 4.79 Å². The lowest BCUT2D eigenvalue weighted by Gasteiger charge is -2.13. The number of aromatic amines is 1. The number of carbonyl (C=O) groups is 2. The zero-order valence-corrected chi connectivity index (χ0v) is 16.2. The largest absolute Gasteiger partial charge is 0.493 e. The van der Waals surface area contributed by atoms with E-state index in [-0.39, 0.29) is 12.4 Å². The Balaban J connectivity index is 1.66. The summed E-state index contributed by atoms with van der Waals surface area (Å²) in [5.41, 5.74) is 1.65. The lowest BCUT2D eigenvalue weighted by atomic mass is 10.1. The van der Waals surface area contributed by atoms with Crippen molar-refractivity contribution in [3.8, 4) is 11.5 Å². The van der Waals surface area contributed by atoms with Gasteiger partial charge in [-0.2, -0.15) is 0 Å². The predicted molar refractivity (Wildman–Crippen MR) is 106 cm³/mol. The number of aromatic nitrogens is 1. The average Bonchev–Trinajstić information content (AvgIpc) is 3.14. The van der Waals surface area contributed by atoms with Crippen molar-refractivity contribution in [3.63, 3.8) is 0 Å². The van der Waals surface area contributed by atoms with E-state index in [9.17, 15) is 9.59 Å². The number of rotatable bonds is 8. The van der Waals surface area contributed by atoms with Gasteiger partial charge in [0.15, 0.2) is 18.1 Å². The number of para-hydroxylation sites is 1. The number of hydrogen-bond acceptors (Lipinski definition) is 5. The molecule has 0 amide bonds. The van der Waals surface area contributed by atoms with Gasteiger partial charge in [-0.1, -0.05) is 32.0 Å². The third-order valence-corrected chi connectivity index (χ3v) is 4.20. The molecule has 3 aromatic rings. The fraction of sp³-hybridized carbons (Fsp3) is 0.273. The third kappa shape index (κ3) is 4.34. The molecule has 1 N–H and O–H groups in total. The molecule has 0 fully saturated rings. The maximum absolute atomic E-state index is 12.4. The number of benzene rings is 2. The Bertz CT molecular complexity index is 990. The normalized spacial score (nSPS) is 10.9. The molecule has 6 heteroatoms. The number of esters is 1. The highest BCUT2D eigenvalue weighted by molar-refractivity contribution is 6.09. The predicted octanol–water partition coefficient (Wildman–Crippen LogP) is 4.25. The number of Topliss-reactive ketones (excluding diaryl/α,β-unsaturated/α-hetero) is 1. The van der Waals surface area contributed by atoms with Crippen molar-refractivity contribution in [3.05, 3.63) is 59.8 Å². The Kier molecular flexibility index (Phi) is 5.99. The topological polar surface area (TPSA) is 77.6 Å². The van der Waals surface area contributed by atoms with Crippen molar-refractivity contribution in [2.75, 3.05) is 20.3 Å². The summed E-state index contributed by atoms with van der Waals surface area (Å²) in [6, 6.07) is 12.3. The zero-order chi connectivity index (χ0) is 20.1. The van der Waals surface area contributed by atoms with E-state index in [1.165, 1.54) is 7.11 Å². The minimum absolute atomic E-state index is 0.269. The van der Waals surface area contributed by atoms with Gasteiger partial charge in [0.2, 0.25) is 5.78 Å². The molecule has 0 spiro atoms. The van der Waals surface area contributed by atoms with Crippen molar-refractivity contribution in [1.82, 2.24) is 4.98 Å². The Labute approximate surface area is 163 Å². The van der Waals surface area contributed by atoms with Crippen LogP contribution in [0.3, 0.4) is 0 Å². The highest BCUT2D eigenvalue weighted by Gasteiger charge is 2.17. The summed E-state index contributed by atoms with van der Waals surface area (Å²) in [5, 5.41) is 0.803. The molecule has 3 rings (SSSR count). The number of H-pyrrole nitrogens is 1. The molecule has 146 valence electrons. The van der Waals surface area contributed by atoms with Crippen molar-refractivity contribution < 1.29 is 23.8 Å². The monoisotopic (exact) mass is 381 g/mol. The van der Waals surface area contributed by atoms with E-state index in [4.69, 9.17) is 14.2 Å². The zero-order valence-electron chi connectivity index (χ0n) is 16.2. The van der Waals surface area contributed by atoms with Crippen molar-refractivity contribution >= 4 is 22.7 Å². The van der Waals surface area contributed by atoms with Crippen LogP contribution in [0, 0.1) is 5.92 Å². The number of methoxy groups -OCH3 is 1. The number of carbonyl (C=O) groups excluding carboxylic acids is 2. The van der Waals surface area contributed by atoms with Crippen LogP contribution < -0.4 is 9.47 Å². The Morgan fingerprint density at radius 1 is 1.07 bits per heavy atom. The van der Waals surface area contributed by atoms with E-state index in [1.807, 2.05) is 38.1 Å². The average molecular weight is 381 g/mol. The SMILES string of the molecule is COc1cc(C(=O)OCC(=O)c2c[nH]c3ccccc23)ccc1OCC(C)C. The van der Waals surface area contributed by atoms with E-state index in [2.05, 4.69) is 4.98 Å². The highest BCUT2D eigenvalue weighted by Crippen LogP contribution is 2.29. The van der Waals surface area contributed by atoms with Crippen LogP contribution in [0.4, 0.5) is 0 Å². The molecule has 0 aliphatic carbocycles. The molecule has 28 heavy (non-hydrogen) atoms. The van der Waals surface area contributed by atoms with Crippen molar-refractivity contribution in [1.29, 1.82) is 0 Å². The second-order valence-electron chi connectivity index (χ2n) is 6.82. The van der Waals surface area contributed by atoms with Gasteiger partial charge in [0, 0.05) is 22.7 Å². The van der Waals surface area contributed by atoms with Crippen LogP contribution in [0.5, 0.6) is 11.5 Å². The Hall–Kier alpha value is -3.28. The summed E-state index contributed by atoms with van der Waals surface area (Å²) in [5.74, 6) is 0.502. The van der Waals surface area contributed by atoms with Gasteiger partial charge < -0.3 is 19.2 Å². The summed E-state index contributed by atoms with van der Waals surface area (Å²) < 4.78 is 16.2. The number of fused-ring (bicyclic) bond motifs is 1. The van der Waals surface area contributed by atoms with E-state index in [1.54, 1.807) is 24.4 Å². The van der Waals surface area contributed by atoms with Gasteiger partial charge in [0.1, 0.15) is 0 Å². The molecule has 0 aliphatic rings. The number of ketones is 1. The Morgan fingerprint density at radius 2 is 1.86 bits per heavy atom. The minimum Gasteiger partial charge on any atom is -0.493 e. The van der Waals surface area contributed by atoms with Crippen molar-refractivity contribution in [2.45, 2.75) is 13.8 Å². The maximum Gasteiger partial charge on any atom is 0.338 e. The van der Waals surface area contributed by atoms with E-state index >= 15 is 0 Å². The molecular formula is C22H23NO5. The van der Waals surface area contributed by atoms with Gasteiger partial charge in [0.05, 0.1) is 19.3 Å². The van der Waals surface area contributed by atoms with Crippen LogP contribution in [0.2, 0.25) is 0 Å². The molecule has 1 heterocycles. The summed E-state index contributed by atoms with van der Waals surface area (Å²) in [6.07, 6.45) is 1.63. The number of ether oxygens (including phenoxy) is 3. The lowest BCUT2D eigenvalue weighted by Crippen LogP contribution is -2.14. The molecular weight excluding hydrogens is 358 g/mol. The second kappa shape index (κ2) is 8.61. The molecule has 0 unspecified atom stereocenters. The highest BCUT2D eigenvalue weighted by atomic mass is 16.5. The van der Waals surface area contributed by atoms with Crippen molar-refractivity contribution in [2.24, 2.45) is 5.92 Å². The fourth-order valence-corrected chi connectivity index (χ4v) is 2.76. The molecule has 1 aromatic heterocycles. The summed E-state index contributed by atoms with van der Waals surface area (Å²) in [4.78, 5) is 27.8. The van der Waals surface area contributed by atoms with E-state index in [0.717, 1.165) is 10.9 Å². The molecule has 2 aromatic carbocycles. The summed E-state index contributed by atoms with van der Waals surface area (Å²) in [7, 11) is 1.51. The first-order valence-electron chi connectivity index (χ1n) is 9.07. The molecule has 6 nitrogen and oxygen atoms in total. The summed E-state index contributed by atoms with van der Waals surface area (Å²) in [6.45, 7) is 4.29. The van der Waals surface area contributed by atoms with E-state index in [0.29, 0.717) is 35.2 Å². The van der Waals surface area contributed by atoms with Crippen LogP contribution in [-0.2, 0) is 4.74 Å². The maximum atomic E-state index is 12.4.